The quantitative estimate of drug-likeness (QED) is 0.0216. The van der Waals surface area contributed by atoms with Gasteiger partial charge >= 0.3 is 18.0 Å². The van der Waals surface area contributed by atoms with Gasteiger partial charge in [0.05, 0.1) is 50.5 Å². The number of aromatic nitrogens is 4. The van der Waals surface area contributed by atoms with E-state index in [2.05, 4.69) is 47.1 Å². The maximum absolute atomic E-state index is 12.8. The number of ether oxygens (including phenoxy) is 6. The monoisotopic (exact) mass is 921 g/mol. The number of hydrogen-bond donors (Lipinski definition) is 8. The van der Waals surface area contributed by atoms with E-state index in [4.69, 9.17) is 34.2 Å². The van der Waals surface area contributed by atoms with E-state index in [0.29, 0.717) is 88.4 Å². The Kier molecular flexibility index (Phi) is 19.0. The lowest BCUT2D eigenvalue weighted by atomic mass is 10.0. The first-order chi connectivity index (χ1) is 31.0. The van der Waals surface area contributed by atoms with E-state index in [1.807, 2.05) is 18.7 Å². The van der Waals surface area contributed by atoms with Crippen molar-refractivity contribution in [1.29, 1.82) is 0 Å². The van der Waals surface area contributed by atoms with Crippen LogP contribution in [0.15, 0.2) is 12.7 Å². The zero-order valence-corrected chi connectivity index (χ0v) is 37.1. The van der Waals surface area contributed by atoms with Gasteiger partial charge in [0.25, 0.3) is 0 Å². The van der Waals surface area contributed by atoms with Crippen LogP contribution in [0.3, 0.4) is 0 Å². The summed E-state index contributed by atoms with van der Waals surface area (Å²) in [7, 11) is 0. The van der Waals surface area contributed by atoms with Gasteiger partial charge in [-0.2, -0.15) is 11.8 Å². The molecule has 4 aliphatic heterocycles. The maximum atomic E-state index is 12.8. The maximum Gasteiger partial charge on any atom is 0.315 e. The average molecular weight is 922 g/mol. The van der Waals surface area contributed by atoms with Crippen LogP contribution in [0.2, 0.25) is 0 Å². The number of imidazole rings is 1. The summed E-state index contributed by atoms with van der Waals surface area (Å²) in [5, 5.41) is 23.4. The molecule has 0 aliphatic carbocycles. The molecule has 0 radical (unpaired) electrons. The number of amides is 4. The lowest BCUT2D eigenvalue weighted by Gasteiger charge is -2.21. The normalized spacial score (nSPS) is 24.2. The Bertz CT molecular complexity index is 1860. The highest BCUT2D eigenvalue weighted by Gasteiger charge is 2.49. The molecule has 23 nitrogen and oxygen atoms in total. The molecule has 2 aromatic heterocycles. The van der Waals surface area contributed by atoms with Crippen molar-refractivity contribution in [2.45, 2.75) is 125 Å². The molecule has 64 heavy (non-hydrogen) atoms. The molecule has 0 saturated carbocycles. The zero-order valence-electron chi connectivity index (χ0n) is 36.3. The first kappa shape index (κ1) is 49.0. The molecule has 6 rings (SSSR count). The van der Waals surface area contributed by atoms with Gasteiger partial charge in [-0.25, -0.2) is 30.6 Å². The minimum Gasteiger partial charge on any atom is -0.463 e. The SMILES string of the molecule is CC1(CCC(=O)O[C@H]2[C@@H](O)[C@H](n3cnc4c(N)ncnc43)O[C@@H]2COC(=O)CCCC(=O)NCCCOCCOCCOCCCNC(=O)CCCC[C@H]2SC[C@H]3NC(=O)N[C@H]32)NN1. The van der Waals surface area contributed by atoms with Gasteiger partial charge in [0.2, 0.25) is 11.8 Å². The Balaban J connectivity index is 0.729. The number of aliphatic hydroxyl groups excluding tert-OH is 1. The highest BCUT2D eigenvalue weighted by atomic mass is 32.2. The van der Waals surface area contributed by atoms with Gasteiger partial charge < -0.3 is 60.5 Å². The van der Waals surface area contributed by atoms with E-state index in [1.54, 1.807) is 0 Å². The third-order valence-electron chi connectivity index (χ3n) is 11.2. The molecule has 4 saturated heterocycles. The van der Waals surface area contributed by atoms with Crippen molar-refractivity contribution in [2.24, 2.45) is 0 Å². The second-order valence-electron chi connectivity index (χ2n) is 16.3. The van der Waals surface area contributed by atoms with Crippen LogP contribution in [0.4, 0.5) is 10.6 Å². The van der Waals surface area contributed by atoms with Crippen LogP contribution in [0.25, 0.3) is 11.2 Å². The largest absolute Gasteiger partial charge is 0.463 e. The number of hydrogen-bond acceptors (Lipinski definition) is 19. The van der Waals surface area contributed by atoms with E-state index < -0.39 is 36.5 Å². The number of thioether (sulfide) groups is 1. The lowest BCUT2D eigenvalue weighted by molar-refractivity contribution is -0.160. The Morgan fingerprint density at radius 2 is 1.58 bits per heavy atom. The molecule has 356 valence electrons. The van der Waals surface area contributed by atoms with Crippen LogP contribution >= 0.6 is 11.8 Å². The molecular weight excluding hydrogens is 859 g/mol. The molecule has 4 aliphatic rings. The van der Waals surface area contributed by atoms with Gasteiger partial charge in [0.15, 0.2) is 23.8 Å². The van der Waals surface area contributed by atoms with Gasteiger partial charge in [-0.15, -0.1) is 0 Å². The van der Waals surface area contributed by atoms with Crippen LogP contribution in [0, 0.1) is 0 Å². The lowest BCUT2D eigenvalue weighted by Crippen LogP contribution is -2.39. The predicted molar refractivity (Wildman–Crippen MR) is 230 cm³/mol. The molecule has 24 heteroatoms. The first-order valence-corrected chi connectivity index (χ1v) is 23.2. The summed E-state index contributed by atoms with van der Waals surface area (Å²) in [4.78, 5) is 73.7. The molecule has 0 unspecified atom stereocenters. The summed E-state index contributed by atoms with van der Waals surface area (Å²) < 4.78 is 35.3. The van der Waals surface area contributed by atoms with Crippen LogP contribution in [0.1, 0.15) is 83.8 Å². The third kappa shape index (κ3) is 15.1. The minimum atomic E-state index is -1.35. The second-order valence-corrected chi connectivity index (χ2v) is 17.6. The molecular formula is C40H63N11O12S. The molecule has 7 atom stereocenters. The van der Waals surface area contributed by atoms with Crippen LogP contribution in [-0.2, 0) is 47.6 Å². The number of anilines is 1. The number of aliphatic hydroxyl groups is 1. The standard InChI is InChI=1S/C40H63N11O12S/c1-40(49-50-40)12-11-31(55)63-35-26(62-38(34(35)56)51-24-46-33-36(41)44-23-45-37(33)51)21-61-30(54)10-4-9-29(53)43-14-6-16-59-18-20-60-19-17-58-15-5-13-42-28(52)8-3-2-7-27-32-25(22-64-27)47-39(57)48-32/h23-27,32,34-35,38,49-50,56H,2-22H2,1H3,(H,42,52)(H,43,53)(H2,41,44,45)(H2,47,48,57)/t25-,26-,27-,32-,34-,35-,38-/m1/s1. The van der Waals surface area contributed by atoms with E-state index in [1.165, 1.54) is 17.2 Å². The Hall–Kier alpha value is -4.43. The van der Waals surface area contributed by atoms with Crippen molar-refractivity contribution in [3.63, 3.8) is 0 Å². The number of nitrogens with zero attached hydrogens (tertiary/aromatic N) is 4. The summed E-state index contributed by atoms with van der Waals surface area (Å²) in [5.74, 6) is -0.209. The number of nitrogen functional groups attached to an aromatic ring is 1. The molecule has 9 N–H and O–H groups in total. The Labute approximate surface area is 375 Å². The van der Waals surface area contributed by atoms with Crippen molar-refractivity contribution < 1.29 is 57.5 Å². The van der Waals surface area contributed by atoms with Crippen molar-refractivity contribution in [3.05, 3.63) is 12.7 Å². The van der Waals surface area contributed by atoms with Crippen LogP contribution in [0.5, 0.6) is 0 Å². The summed E-state index contributed by atoms with van der Waals surface area (Å²) in [6, 6.07) is 0.357. The topological polar surface area (TPSA) is 323 Å². The van der Waals surface area contributed by atoms with Gasteiger partial charge in [-0.05, 0) is 45.4 Å². The Morgan fingerprint density at radius 3 is 2.28 bits per heavy atom. The van der Waals surface area contributed by atoms with Gasteiger partial charge in [-0.1, -0.05) is 6.42 Å². The minimum absolute atomic E-state index is 0.0331. The molecule has 2 aromatic rings. The Morgan fingerprint density at radius 1 is 0.891 bits per heavy atom. The number of rotatable bonds is 30. The molecule has 6 heterocycles. The van der Waals surface area contributed by atoms with E-state index in [-0.39, 0.29) is 73.7 Å². The summed E-state index contributed by atoms with van der Waals surface area (Å²) in [6.45, 7) is 5.22. The predicted octanol–water partition coefficient (Wildman–Crippen LogP) is -0.315. The number of esters is 2. The zero-order chi connectivity index (χ0) is 45.3. The van der Waals surface area contributed by atoms with Crippen molar-refractivity contribution in [1.82, 2.24) is 51.6 Å². The molecule has 0 bridgehead atoms. The summed E-state index contributed by atoms with van der Waals surface area (Å²) in [5.41, 5.74) is 12.1. The van der Waals surface area contributed by atoms with Crippen LogP contribution < -0.4 is 37.9 Å². The number of carbonyl (C=O) groups is 5. The number of unbranched alkanes of at least 4 members (excludes halogenated alkanes) is 1. The number of hydrazine groups is 1. The molecule has 4 fully saturated rings. The van der Waals surface area contributed by atoms with Crippen molar-refractivity contribution in [3.8, 4) is 0 Å². The smallest absolute Gasteiger partial charge is 0.315 e. The molecule has 0 spiro atoms. The highest BCUT2D eigenvalue weighted by molar-refractivity contribution is 8.00. The van der Waals surface area contributed by atoms with E-state index in [0.717, 1.165) is 31.4 Å². The van der Waals surface area contributed by atoms with Crippen molar-refractivity contribution in [2.75, 3.05) is 70.8 Å². The molecule has 4 amide bonds. The fourth-order valence-corrected chi connectivity index (χ4v) is 9.06. The fourth-order valence-electron chi connectivity index (χ4n) is 7.52. The van der Waals surface area contributed by atoms with Crippen LogP contribution in [-0.4, -0.2) is 161 Å². The first-order valence-electron chi connectivity index (χ1n) is 22.1. The number of nitrogens with two attached hydrogens (primary N) is 1. The summed E-state index contributed by atoms with van der Waals surface area (Å²) >= 11 is 1.89. The van der Waals surface area contributed by atoms with Crippen molar-refractivity contribution >= 4 is 58.5 Å². The molecule has 0 aromatic carbocycles. The van der Waals surface area contributed by atoms with Gasteiger partial charge in [0.1, 0.15) is 30.7 Å². The highest BCUT2D eigenvalue weighted by Crippen LogP contribution is 2.35. The number of fused-ring (bicyclic) bond motifs is 2. The average Bonchev–Trinajstić information content (AvgIpc) is 3.57. The summed E-state index contributed by atoms with van der Waals surface area (Å²) in [6.07, 6.45) is 3.50. The van der Waals surface area contributed by atoms with Gasteiger partial charge in [0, 0.05) is 63.0 Å². The number of nitrogens with one attached hydrogen (secondary N) is 6. The fraction of sp³-hybridized carbons (Fsp3) is 0.750. The second kappa shape index (κ2) is 24.7. The van der Waals surface area contributed by atoms with E-state index in [9.17, 15) is 29.1 Å². The van der Waals surface area contributed by atoms with E-state index >= 15 is 0 Å². The number of urea groups is 1. The third-order valence-corrected chi connectivity index (χ3v) is 12.7. The van der Waals surface area contributed by atoms with Gasteiger partial charge in [-0.3, -0.25) is 23.7 Å². The number of carbonyl (C=O) groups excluding carboxylic acids is 5.